The molecule has 0 saturated heterocycles. The van der Waals surface area contributed by atoms with Gasteiger partial charge in [0.05, 0.1) is 9.98 Å². The number of aromatic nitrogens is 2. The highest BCUT2D eigenvalue weighted by molar-refractivity contribution is 9.11. The Kier molecular flexibility index (Phi) is 4.22. The van der Waals surface area contributed by atoms with Crippen molar-refractivity contribution in [2.24, 2.45) is 0 Å². The molecule has 2 heterocycles. The molecule has 6 heteroatoms. The van der Waals surface area contributed by atoms with E-state index in [0.717, 1.165) is 10.2 Å². The third-order valence-corrected chi connectivity index (χ3v) is 3.77. The predicted molar refractivity (Wildman–Crippen MR) is 70.1 cm³/mol. The largest absolute Gasteiger partial charge is 0.350 e. The molecular formula is C11H10BrN3OS. The highest BCUT2D eigenvalue weighted by Crippen LogP contribution is 2.21. The van der Waals surface area contributed by atoms with Crippen molar-refractivity contribution in [2.75, 3.05) is 6.54 Å². The number of carbonyl (C=O) groups excluding carboxylic acids is 1. The average Bonchev–Trinajstić information content (AvgIpc) is 2.76. The Balaban J connectivity index is 1.81. The lowest BCUT2D eigenvalue weighted by Gasteiger charge is -2.02. The quantitative estimate of drug-likeness (QED) is 0.942. The van der Waals surface area contributed by atoms with Crippen LogP contribution in [0.15, 0.2) is 34.5 Å². The van der Waals surface area contributed by atoms with Crippen molar-refractivity contribution in [2.45, 2.75) is 6.42 Å². The molecule has 0 atom stereocenters. The number of hydrogen-bond acceptors (Lipinski definition) is 4. The second kappa shape index (κ2) is 5.88. The Morgan fingerprint density at radius 2 is 2.29 bits per heavy atom. The van der Waals surface area contributed by atoms with Gasteiger partial charge >= 0.3 is 0 Å². The molecule has 0 spiro atoms. The Morgan fingerprint density at radius 1 is 1.41 bits per heavy atom. The van der Waals surface area contributed by atoms with Gasteiger partial charge in [0.15, 0.2) is 0 Å². The first-order valence-electron chi connectivity index (χ1n) is 5.04. The fourth-order valence-corrected chi connectivity index (χ4v) is 2.77. The van der Waals surface area contributed by atoms with E-state index >= 15 is 0 Å². The van der Waals surface area contributed by atoms with Crippen LogP contribution in [0, 0.1) is 0 Å². The van der Waals surface area contributed by atoms with Crippen LogP contribution >= 0.6 is 27.3 Å². The molecule has 2 rings (SSSR count). The van der Waals surface area contributed by atoms with E-state index in [0.29, 0.717) is 12.2 Å². The first kappa shape index (κ1) is 12.2. The summed E-state index contributed by atoms with van der Waals surface area (Å²) in [7, 11) is 0. The molecule has 0 aliphatic heterocycles. The summed E-state index contributed by atoms with van der Waals surface area (Å²) >= 11 is 5.08. The molecule has 2 aromatic rings. The monoisotopic (exact) mass is 311 g/mol. The van der Waals surface area contributed by atoms with Crippen LogP contribution in [0.5, 0.6) is 0 Å². The highest BCUT2D eigenvalue weighted by atomic mass is 79.9. The topological polar surface area (TPSA) is 54.9 Å². The molecule has 1 amide bonds. The fourth-order valence-electron chi connectivity index (χ4n) is 1.29. The number of amides is 1. The SMILES string of the molecule is O=C(NCCc1ccc(Br)s1)c1cnccn1. The second-order valence-corrected chi connectivity index (χ2v) is 5.85. The van der Waals surface area contributed by atoms with E-state index in [1.165, 1.54) is 17.3 Å². The van der Waals surface area contributed by atoms with Crippen LogP contribution in [0.3, 0.4) is 0 Å². The molecule has 4 nitrogen and oxygen atoms in total. The number of hydrogen-bond donors (Lipinski definition) is 1. The van der Waals surface area contributed by atoms with Gasteiger partial charge in [0, 0.05) is 23.8 Å². The highest BCUT2D eigenvalue weighted by Gasteiger charge is 2.06. The number of thiophene rings is 1. The van der Waals surface area contributed by atoms with E-state index < -0.39 is 0 Å². The van der Waals surface area contributed by atoms with Crippen LogP contribution in [-0.2, 0) is 6.42 Å². The van der Waals surface area contributed by atoms with Crippen LogP contribution in [0.2, 0.25) is 0 Å². The van der Waals surface area contributed by atoms with E-state index in [9.17, 15) is 4.79 Å². The molecule has 17 heavy (non-hydrogen) atoms. The smallest absolute Gasteiger partial charge is 0.271 e. The van der Waals surface area contributed by atoms with Crippen molar-refractivity contribution in [1.29, 1.82) is 0 Å². The first-order valence-corrected chi connectivity index (χ1v) is 6.65. The van der Waals surface area contributed by atoms with Crippen LogP contribution in [0.25, 0.3) is 0 Å². The lowest BCUT2D eigenvalue weighted by molar-refractivity contribution is 0.0949. The van der Waals surface area contributed by atoms with Gasteiger partial charge in [-0.2, -0.15) is 0 Å². The van der Waals surface area contributed by atoms with Crippen molar-refractivity contribution >= 4 is 33.2 Å². The molecule has 0 aliphatic carbocycles. The maximum absolute atomic E-state index is 11.6. The number of halogens is 1. The molecular weight excluding hydrogens is 302 g/mol. The second-order valence-electron chi connectivity index (χ2n) is 3.30. The lowest BCUT2D eigenvalue weighted by atomic mass is 10.3. The lowest BCUT2D eigenvalue weighted by Crippen LogP contribution is -2.26. The molecule has 2 aromatic heterocycles. The summed E-state index contributed by atoms with van der Waals surface area (Å²) in [6, 6.07) is 4.05. The standard InChI is InChI=1S/C11H10BrN3OS/c12-10-2-1-8(17-10)3-4-15-11(16)9-7-13-5-6-14-9/h1-2,5-7H,3-4H2,(H,15,16). The van der Waals surface area contributed by atoms with Crippen LogP contribution in [0.1, 0.15) is 15.4 Å². The molecule has 0 radical (unpaired) electrons. The zero-order chi connectivity index (χ0) is 12.1. The molecule has 0 bridgehead atoms. The van der Waals surface area contributed by atoms with Gasteiger partial charge in [-0.15, -0.1) is 11.3 Å². The molecule has 88 valence electrons. The summed E-state index contributed by atoms with van der Waals surface area (Å²) in [5, 5.41) is 2.81. The molecule has 0 aromatic carbocycles. The van der Waals surface area contributed by atoms with Gasteiger partial charge in [-0.1, -0.05) is 0 Å². The van der Waals surface area contributed by atoms with Gasteiger partial charge in [0.1, 0.15) is 5.69 Å². The van der Waals surface area contributed by atoms with Gasteiger partial charge in [-0.05, 0) is 34.5 Å². The van der Waals surface area contributed by atoms with Crippen LogP contribution in [0.4, 0.5) is 0 Å². The van der Waals surface area contributed by atoms with Crippen molar-refractivity contribution < 1.29 is 4.79 Å². The van der Waals surface area contributed by atoms with E-state index in [1.54, 1.807) is 17.5 Å². The van der Waals surface area contributed by atoms with Crippen molar-refractivity contribution in [1.82, 2.24) is 15.3 Å². The van der Waals surface area contributed by atoms with Crippen LogP contribution < -0.4 is 5.32 Å². The zero-order valence-corrected chi connectivity index (χ0v) is 11.3. The van der Waals surface area contributed by atoms with Gasteiger partial charge in [-0.3, -0.25) is 9.78 Å². The summed E-state index contributed by atoms with van der Waals surface area (Å²) in [5.74, 6) is -0.186. The molecule has 0 saturated carbocycles. The number of carbonyl (C=O) groups is 1. The molecule has 1 N–H and O–H groups in total. The minimum atomic E-state index is -0.186. The van der Waals surface area contributed by atoms with Gasteiger partial charge in [0.25, 0.3) is 5.91 Å². The molecule has 0 aliphatic rings. The third-order valence-electron chi connectivity index (χ3n) is 2.08. The third kappa shape index (κ3) is 3.61. The fraction of sp³-hybridized carbons (Fsp3) is 0.182. The van der Waals surface area contributed by atoms with Crippen molar-refractivity contribution in [3.63, 3.8) is 0 Å². The normalized spacial score (nSPS) is 10.2. The summed E-state index contributed by atoms with van der Waals surface area (Å²) in [6.07, 6.45) is 5.32. The number of nitrogens with zero attached hydrogens (tertiary/aromatic N) is 2. The number of rotatable bonds is 4. The maximum atomic E-state index is 11.6. The maximum Gasteiger partial charge on any atom is 0.271 e. The van der Waals surface area contributed by atoms with E-state index in [-0.39, 0.29) is 5.91 Å². The van der Waals surface area contributed by atoms with Gasteiger partial charge < -0.3 is 5.32 Å². The van der Waals surface area contributed by atoms with Crippen molar-refractivity contribution in [3.8, 4) is 0 Å². The Bertz CT molecular complexity index is 500. The predicted octanol–water partition coefficient (Wildman–Crippen LogP) is 2.27. The van der Waals surface area contributed by atoms with Crippen molar-refractivity contribution in [3.05, 3.63) is 45.1 Å². The Morgan fingerprint density at radius 3 is 2.94 bits per heavy atom. The zero-order valence-electron chi connectivity index (χ0n) is 8.89. The van der Waals surface area contributed by atoms with Crippen LogP contribution in [-0.4, -0.2) is 22.4 Å². The molecule has 0 unspecified atom stereocenters. The van der Waals surface area contributed by atoms with E-state index in [4.69, 9.17) is 0 Å². The van der Waals surface area contributed by atoms with Gasteiger partial charge in [-0.25, -0.2) is 4.98 Å². The summed E-state index contributed by atoms with van der Waals surface area (Å²) in [5.41, 5.74) is 0.347. The Hall–Kier alpha value is -1.27. The summed E-state index contributed by atoms with van der Waals surface area (Å²) in [4.78, 5) is 20.6. The summed E-state index contributed by atoms with van der Waals surface area (Å²) in [6.45, 7) is 0.600. The van der Waals surface area contributed by atoms with Gasteiger partial charge in [0.2, 0.25) is 0 Å². The Labute approximate surface area is 111 Å². The van der Waals surface area contributed by atoms with E-state index in [2.05, 4.69) is 31.2 Å². The minimum Gasteiger partial charge on any atom is -0.350 e. The molecule has 0 fully saturated rings. The average molecular weight is 312 g/mol. The van der Waals surface area contributed by atoms with E-state index in [1.807, 2.05) is 12.1 Å². The first-order chi connectivity index (χ1) is 8.25. The minimum absolute atomic E-state index is 0.186. The number of nitrogens with one attached hydrogen (secondary N) is 1. The summed E-state index contributed by atoms with van der Waals surface area (Å²) < 4.78 is 1.10.